The minimum absolute atomic E-state index is 0.172. The van der Waals surface area contributed by atoms with Crippen LogP contribution in [-0.4, -0.2) is 44.4 Å². The van der Waals surface area contributed by atoms with Crippen molar-refractivity contribution in [1.82, 2.24) is 0 Å². The van der Waals surface area contributed by atoms with Crippen molar-refractivity contribution in [2.45, 2.75) is 148 Å². The van der Waals surface area contributed by atoms with Gasteiger partial charge in [-0.2, -0.15) is 0 Å². The number of aliphatic hydroxyl groups excluding tert-OH is 1. The first-order valence-electron chi connectivity index (χ1n) is 13.8. The van der Waals surface area contributed by atoms with E-state index in [-0.39, 0.29) is 18.9 Å². The Bertz CT molecular complexity index is 511. The van der Waals surface area contributed by atoms with Crippen LogP contribution < -0.4 is 0 Å². The first-order chi connectivity index (χ1) is 16.8. The van der Waals surface area contributed by atoms with E-state index in [1.165, 1.54) is 25.7 Å². The molecule has 0 bridgehead atoms. The van der Waals surface area contributed by atoms with Gasteiger partial charge in [0.2, 0.25) is 0 Å². The number of carbonyl (C=O) groups is 3. The van der Waals surface area contributed by atoms with Gasteiger partial charge in [0, 0.05) is 19.3 Å². The van der Waals surface area contributed by atoms with Crippen molar-refractivity contribution in [2.75, 3.05) is 0 Å². The predicted molar refractivity (Wildman–Crippen MR) is 141 cm³/mol. The normalized spacial score (nSPS) is 11.7. The van der Waals surface area contributed by atoms with Crippen LogP contribution in [0.3, 0.4) is 0 Å². The van der Waals surface area contributed by atoms with Crippen molar-refractivity contribution in [3.05, 3.63) is 12.2 Å². The molecule has 0 aliphatic rings. The number of aliphatic carboxylic acids is 3. The lowest BCUT2D eigenvalue weighted by Crippen LogP contribution is -2.04. The fourth-order valence-corrected chi connectivity index (χ4v) is 3.62. The molecule has 0 aromatic heterocycles. The molecule has 0 aliphatic carbocycles. The Morgan fingerprint density at radius 2 is 0.971 bits per heavy atom. The number of carboxylic acid groups (broad SMARTS) is 3. The lowest BCUT2D eigenvalue weighted by Gasteiger charge is -2.07. The Morgan fingerprint density at radius 3 is 1.40 bits per heavy atom. The molecule has 0 saturated heterocycles. The second kappa shape index (κ2) is 28.3. The van der Waals surface area contributed by atoms with Crippen molar-refractivity contribution in [1.29, 1.82) is 0 Å². The number of unbranched alkanes of at least 4 members (excludes halogenated alkanes) is 13. The summed E-state index contributed by atoms with van der Waals surface area (Å²) in [5, 5.41) is 35.0. The van der Waals surface area contributed by atoms with E-state index in [0.717, 1.165) is 89.9 Å². The molecule has 1 atom stereocenters. The highest BCUT2D eigenvalue weighted by atomic mass is 16.4. The van der Waals surface area contributed by atoms with Crippen LogP contribution in [-0.2, 0) is 14.4 Å². The first-order valence-corrected chi connectivity index (χ1v) is 13.8. The van der Waals surface area contributed by atoms with E-state index in [0.29, 0.717) is 6.42 Å². The first kappa shape index (κ1) is 35.3. The summed E-state index contributed by atoms with van der Waals surface area (Å²) in [6.07, 6.45) is 23.2. The monoisotopic (exact) mass is 500 g/mol. The largest absolute Gasteiger partial charge is 0.481 e. The zero-order valence-corrected chi connectivity index (χ0v) is 22.1. The molecule has 35 heavy (non-hydrogen) atoms. The summed E-state index contributed by atoms with van der Waals surface area (Å²) >= 11 is 0. The van der Waals surface area contributed by atoms with Gasteiger partial charge in [-0.3, -0.25) is 14.4 Å². The third-order valence-electron chi connectivity index (χ3n) is 5.76. The third kappa shape index (κ3) is 36.8. The summed E-state index contributed by atoms with van der Waals surface area (Å²) in [4.78, 5) is 30.6. The van der Waals surface area contributed by atoms with Gasteiger partial charge in [0.25, 0.3) is 0 Å². The molecule has 0 aromatic carbocycles. The van der Waals surface area contributed by atoms with Gasteiger partial charge in [-0.05, 0) is 44.9 Å². The van der Waals surface area contributed by atoms with Crippen molar-refractivity contribution >= 4 is 17.9 Å². The maximum Gasteiger partial charge on any atom is 0.303 e. The van der Waals surface area contributed by atoms with Gasteiger partial charge in [-0.15, -0.1) is 0 Å². The molecular weight excluding hydrogens is 448 g/mol. The summed E-state index contributed by atoms with van der Waals surface area (Å²) in [6.45, 7) is 2.20. The maximum absolute atomic E-state index is 10.3. The van der Waals surface area contributed by atoms with Gasteiger partial charge in [-0.1, -0.05) is 89.7 Å². The quantitative estimate of drug-likeness (QED) is 0.0804. The summed E-state index contributed by atoms with van der Waals surface area (Å²) in [7, 11) is 0. The average Bonchev–Trinajstić information content (AvgIpc) is 2.79. The van der Waals surface area contributed by atoms with E-state index >= 15 is 0 Å². The van der Waals surface area contributed by atoms with E-state index in [4.69, 9.17) is 15.3 Å². The summed E-state index contributed by atoms with van der Waals surface area (Å²) < 4.78 is 0. The standard InChI is InChI=1S/C18H34O3.C10H18O4/c1-2-3-4-11-14-17(19)15-12-9-7-5-6-8-10-13-16-18(20)21;11-9(12)7-5-3-1-2-4-6-8-10(13)14/h9,12,17,19H,2-8,10-11,13-16H2,1H3,(H,20,21);1-8H2,(H,11,12)(H,13,14)/b12-9-;. The summed E-state index contributed by atoms with van der Waals surface area (Å²) in [6, 6.07) is 0. The van der Waals surface area contributed by atoms with E-state index in [1.54, 1.807) is 0 Å². The minimum atomic E-state index is -0.740. The molecule has 0 fully saturated rings. The lowest BCUT2D eigenvalue weighted by molar-refractivity contribution is -0.138. The molecule has 7 heteroatoms. The molecule has 0 spiro atoms. The SMILES string of the molecule is CCCCCCC(O)C/C=C\CCCCCCCC(=O)O.O=C(O)CCCCCCCCC(=O)O. The fraction of sp³-hybridized carbons (Fsp3) is 0.821. The van der Waals surface area contributed by atoms with Crippen LogP contribution in [0, 0.1) is 0 Å². The topological polar surface area (TPSA) is 132 Å². The summed E-state index contributed by atoms with van der Waals surface area (Å²) in [5.41, 5.74) is 0. The predicted octanol–water partition coefficient (Wildman–Crippen LogP) is 7.36. The van der Waals surface area contributed by atoms with Gasteiger partial charge in [-0.25, -0.2) is 0 Å². The lowest BCUT2D eigenvalue weighted by atomic mass is 10.1. The second-order valence-corrected chi connectivity index (χ2v) is 9.32. The Hall–Kier alpha value is -1.89. The van der Waals surface area contributed by atoms with E-state index < -0.39 is 17.9 Å². The molecule has 0 amide bonds. The van der Waals surface area contributed by atoms with Gasteiger partial charge >= 0.3 is 17.9 Å². The molecule has 7 nitrogen and oxygen atoms in total. The molecule has 0 saturated carbocycles. The minimum Gasteiger partial charge on any atom is -0.481 e. The molecule has 0 aliphatic heterocycles. The van der Waals surface area contributed by atoms with Crippen LogP contribution in [0.4, 0.5) is 0 Å². The van der Waals surface area contributed by atoms with Crippen LogP contribution in [0.25, 0.3) is 0 Å². The van der Waals surface area contributed by atoms with Crippen molar-refractivity contribution in [3.8, 4) is 0 Å². The Morgan fingerprint density at radius 1 is 0.571 bits per heavy atom. The molecule has 1 unspecified atom stereocenters. The highest BCUT2D eigenvalue weighted by Crippen LogP contribution is 2.11. The van der Waals surface area contributed by atoms with Gasteiger partial charge < -0.3 is 20.4 Å². The maximum atomic E-state index is 10.3. The number of rotatable bonds is 24. The van der Waals surface area contributed by atoms with Gasteiger partial charge in [0.1, 0.15) is 0 Å². The average molecular weight is 501 g/mol. The van der Waals surface area contributed by atoms with Gasteiger partial charge in [0.05, 0.1) is 6.10 Å². The number of hydrogen-bond acceptors (Lipinski definition) is 4. The fourth-order valence-electron chi connectivity index (χ4n) is 3.62. The van der Waals surface area contributed by atoms with Crippen LogP contribution in [0.2, 0.25) is 0 Å². The molecule has 4 N–H and O–H groups in total. The number of allylic oxidation sites excluding steroid dienone is 1. The number of aliphatic hydroxyl groups is 1. The zero-order chi connectivity index (χ0) is 26.6. The Balaban J connectivity index is 0. The Labute approximate surface area is 213 Å². The van der Waals surface area contributed by atoms with Crippen LogP contribution in [0.15, 0.2) is 12.2 Å². The number of hydrogen-bond donors (Lipinski definition) is 4. The Kier molecular flexibility index (Phi) is 28.6. The van der Waals surface area contributed by atoms with E-state index in [2.05, 4.69) is 19.1 Å². The molecule has 0 heterocycles. The van der Waals surface area contributed by atoms with E-state index in [1.807, 2.05) is 0 Å². The summed E-state index contributed by atoms with van der Waals surface area (Å²) in [5.74, 6) is -2.17. The second-order valence-electron chi connectivity index (χ2n) is 9.32. The highest BCUT2D eigenvalue weighted by Gasteiger charge is 2.01. The third-order valence-corrected chi connectivity index (χ3v) is 5.76. The van der Waals surface area contributed by atoms with E-state index in [9.17, 15) is 19.5 Å². The molecule has 206 valence electrons. The van der Waals surface area contributed by atoms with Crippen LogP contribution >= 0.6 is 0 Å². The zero-order valence-electron chi connectivity index (χ0n) is 22.1. The molecule has 0 aromatic rings. The van der Waals surface area contributed by atoms with Crippen LogP contribution in [0.5, 0.6) is 0 Å². The highest BCUT2D eigenvalue weighted by molar-refractivity contribution is 5.67. The van der Waals surface area contributed by atoms with Crippen LogP contribution in [0.1, 0.15) is 142 Å². The number of carboxylic acids is 3. The molecule has 0 rings (SSSR count). The van der Waals surface area contributed by atoms with Crippen molar-refractivity contribution < 1.29 is 34.8 Å². The smallest absolute Gasteiger partial charge is 0.303 e. The van der Waals surface area contributed by atoms with Crippen molar-refractivity contribution in [3.63, 3.8) is 0 Å². The van der Waals surface area contributed by atoms with Gasteiger partial charge in [0.15, 0.2) is 0 Å². The molecule has 0 radical (unpaired) electrons. The van der Waals surface area contributed by atoms with Crippen molar-refractivity contribution in [2.24, 2.45) is 0 Å². The molecular formula is C28H52O7.